The molecule has 0 aliphatic carbocycles. The molecule has 0 spiro atoms. The van der Waals surface area contributed by atoms with Crippen LogP contribution in [0.3, 0.4) is 0 Å². The maximum Gasteiger partial charge on any atom is 0.416 e. The summed E-state index contributed by atoms with van der Waals surface area (Å²) in [7, 11) is 0. The first-order chi connectivity index (χ1) is 8.52. The molecular formula is C11H10F3N3O. The van der Waals surface area contributed by atoms with E-state index < -0.39 is 11.7 Å². The fourth-order valence-corrected chi connectivity index (χ4v) is 1.57. The number of halogens is 3. The molecule has 0 fully saturated rings. The minimum atomic E-state index is -4.40. The summed E-state index contributed by atoms with van der Waals surface area (Å²) in [6, 6.07) is 4.80. The SMILES string of the molecule is OCCc1cnnn1-c1cccc(C(F)(F)F)c1. The molecule has 1 aromatic carbocycles. The summed E-state index contributed by atoms with van der Waals surface area (Å²) >= 11 is 0. The van der Waals surface area contributed by atoms with Crippen molar-refractivity contribution in [3.8, 4) is 5.69 Å². The average molecular weight is 257 g/mol. The Morgan fingerprint density at radius 1 is 1.28 bits per heavy atom. The van der Waals surface area contributed by atoms with E-state index in [0.29, 0.717) is 5.69 Å². The van der Waals surface area contributed by atoms with Gasteiger partial charge in [-0.3, -0.25) is 0 Å². The molecule has 0 radical (unpaired) electrons. The molecule has 1 aromatic heterocycles. The van der Waals surface area contributed by atoms with Crippen LogP contribution in [0, 0.1) is 0 Å². The quantitative estimate of drug-likeness (QED) is 0.912. The number of alkyl halides is 3. The molecular weight excluding hydrogens is 247 g/mol. The van der Waals surface area contributed by atoms with E-state index in [0.717, 1.165) is 12.1 Å². The first-order valence-corrected chi connectivity index (χ1v) is 5.20. The molecule has 96 valence electrons. The standard InChI is InChI=1S/C11H10F3N3O/c12-11(13,14)8-2-1-3-9(6-8)17-10(4-5-18)7-15-16-17/h1-3,6-7,18H,4-5H2. The van der Waals surface area contributed by atoms with Crippen LogP contribution in [0.2, 0.25) is 0 Å². The highest BCUT2D eigenvalue weighted by Gasteiger charge is 2.30. The fourth-order valence-electron chi connectivity index (χ4n) is 1.57. The summed E-state index contributed by atoms with van der Waals surface area (Å²) in [5.41, 5.74) is 0.0769. The van der Waals surface area contributed by atoms with Gasteiger partial charge >= 0.3 is 6.18 Å². The second-order valence-electron chi connectivity index (χ2n) is 3.66. The number of aliphatic hydroxyl groups is 1. The number of rotatable bonds is 3. The summed E-state index contributed by atoms with van der Waals surface area (Å²) in [5, 5.41) is 16.2. The van der Waals surface area contributed by atoms with E-state index >= 15 is 0 Å². The molecule has 0 aliphatic rings. The van der Waals surface area contributed by atoms with Crippen molar-refractivity contribution in [1.82, 2.24) is 15.0 Å². The van der Waals surface area contributed by atoms with Gasteiger partial charge in [0.15, 0.2) is 0 Å². The molecule has 1 N–H and O–H groups in total. The van der Waals surface area contributed by atoms with Crippen LogP contribution >= 0.6 is 0 Å². The lowest BCUT2D eigenvalue weighted by atomic mass is 10.2. The van der Waals surface area contributed by atoms with Gasteiger partial charge in [0.05, 0.1) is 23.1 Å². The van der Waals surface area contributed by atoms with Crippen molar-refractivity contribution >= 4 is 0 Å². The van der Waals surface area contributed by atoms with E-state index in [1.807, 2.05) is 0 Å². The summed E-state index contributed by atoms with van der Waals surface area (Å²) in [4.78, 5) is 0. The summed E-state index contributed by atoms with van der Waals surface area (Å²) in [6.07, 6.45) is -2.70. The van der Waals surface area contributed by atoms with E-state index in [2.05, 4.69) is 10.3 Å². The second-order valence-corrected chi connectivity index (χ2v) is 3.66. The van der Waals surface area contributed by atoms with Crippen LogP contribution in [0.5, 0.6) is 0 Å². The molecule has 2 rings (SSSR count). The Morgan fingerprint density at radius 2 is 2.06 bits per heavy atom. The number of aliphatic hydroxyl groups excluding tert-OH is 1. The van der Waals surface area contributed by atoms with Crippen LogP contribution < -0.4 is 0 Å². The second kappa shape index (κ2) is 4.77. The first-order valence-electron chi connectivity index (χ1n) is 5.20. The highest BCUT2D eigenvalue weighted by atomic mass is 19.4. The van der Waals surface area contributed by atoms with Gasteiger partial charge in [-0.15, -0.1) is 5.10 Å². The van der Waals surface area contributed by atoms with Gasteiger partial charge in [-0.1, -0.05) is 11.3 Å². The van der Waals surface area contributed by atoms with Crippen molar-refractivity contribution in [1.29, 1.82) is 0 Å². The molecule has 0 bridgehead atoms. The Hall–Kier alpha value is -1.89. The van der Waals surface area contributed by atoms with Gasteiger partial charge in [0.25, 0.3) is 0 Å². The maximum absolute atomic E-state index is 12.6. The molecule has 18 heavy (non-hydrogen) atoms. The molecule has 0 unspecified atom stereocenters. The van der Waals surface area contributed by atoms with Crippen molar-refractivity contribution in [3.05, 3.63) is 41.7 Å². The molecule has 1 heterocycles. The van der Waals surface area contributed by atoms with Gasteiger partial charge in [0.2, 0.25) is 0 Å². The topological polar surface area (TPSA) is 50.9 Å². The normalized spacial score (nSPS) is 11.8. The Bertz CT molecular complexity index is 536. The summed E-state index contributed by atoms with van der Waals surface area (Å²) < 4.78 is 39.0. The van der Waals surface area contributed by atoms with E-state index in [4.69, 9.17) is 5.11 Å². The van der Waals surface area contributed by atoms with Crippen molar-refractivity contribution in [2.24, 2.45) is 0 Å². The van der Waals surface area contributed by atoms with Crippen molar-refractivity contribution < 1.29 is 18.3 Å². The van der Waals surface area contributed by atoms with Gasteiger partial charge in [-0.25, -0.2) is 4.68 Å². The molecule has 0 amide bonds. The van der Waals surface area contributed by atoms with Gasteiger partial charge in [-0.2, -0.15) is 13.2 Å². The van der Waals surface area contributed by atoms with Gasteiger partial charge < -0.3 is 5.11 Å². The van der Waals surface area contributed by atoms with Crippen LogP contribution in [-0.4, -0.2) is 26.7 Å². The smallest absolute Gasteiger partial charge is 0.396 e. The average Bonchev–Trinajstić information content (AvgIpc) is 2.77. The number of aromatic nitrogens is 3. The molecule has 0 saturated carbocycles. The zero-order valence-corrected chi connectivity index (χ0v) is 9.22. The third-order valence-corrected chi connectivity index (χ3v) is 2.41. The third kappa shape index (κ3) is 2.51. The van der Waals surface area contributed by atoms with Crippen molar-refractivity contribution in [3.63, 3.8) is 0 Å². The molecule has 2 aromatic rings. The predicted octanol–water partition coefficient (Wildman–Crippen LogP) is 1.82. The van der Waals surface area contributed by atoms with E-state index in [1.54, 1.807) is 0 Å². The Morgan fingerprint density at radius 3 is 2.72 bits per heavy atom. The van der Waals surface area contributed by atoms with Crippen molar-refractivity contribution in [2.45, 2.75) is 12.6 Å². The largest absolute Gasteiger partial charge is 0.416 e. The predicted molar refractivity (Wildman–Crippen MR) is 57.2 cm³/mol. The highest BCUT2D eigenvalue weighted by molar-refractivity contribution is 5.37. The number of nitrogens with zero attached hydrogens (tertiary/aromatic N) is 3. The van der Waals surface area contributed by atoms with Crippen LogP contribution in [0.4, 0.5) is 13.2 Å². The van der Waals surface area contributed by atoms with Crippen molar-refractivity contribution in [2.75, 3.05) is 6.61 Å². The van der Waals surface area contributed by atoms with Gasteiger partial charge in [0.1, 0.15) is 0 Å². The van der Waals surface area contributed by atoms with E-state index in [-0.39, 0.29) is 18.7 Å². The third-order valence-electron chi connectivity index (χ3n) is 2.41. The van der Waals surface area contributed by atoms with Crippen LogP contribution in [0.15, 0.2) is 30.5 Å². The highest BCUT2D eigenvalue weighted by Crippen LogP contribution is 2.30. The molecule has 7 heteroatoms. The number of benzene rings is 1. The lowest BCUT2D eigenvalue weighted by molar-refractivity contribution is -0.137. The Kier molecular flexibility index (Phi) is 3.33. The minimum Gasteiger partial charge on any atom is -0.396 e. The Balaban J connectivity index is 2.42. The van der Waals surface area contributed by atoms with Gasteiger partial charge in [-0.05, 0) is 18.2 Å². The Labute approximate surface area is 101 Å². The monoisotopic (exact) mass is 257 g/mol. The lowest BCUT2D eigenvalue weighted by Crippen LogP contribution is -2.08. The zero-order valence-electron chi connectivity index (χ0n) is 9.22. The first kappa shape index (κ1) is 12.6. The fraction of sp³-hybridized carbons (Fsp3) is 0.273. The summed E-state index contributed by atoms with van der Waals surface area (Å²) in [6.45, 7) is -0.119. The molecule has 0 saturated heterocycles. The van der Waals surface area contributed by atoms with Gasteiger partial charge in [0, 0.05) is 13.0 Å². The number of hydrogen-bond donors (Lipinski definition) is 1. The lowest BCUT2D eigenvalue weighted by Gasteiger charge is -2.09. The molecule has 4 nitrogen and oxygen atoms in total. The summed E-state index contributed by atoms with van der Waals surface area (Å²) in [5.74, 6) is 0. The maximum atomic E-state index is 12.6. The van der Waals surface area contributed by atoms with Crippen LogP contribution in [0.25, 0.3) is 5.69 Å². The molecule has 0 aliphatic heterocycles. The van der Waals surface area contributed by atoms with E-state index in [1.165, 1.54) is 23.0 Å². The number of hydrogen-bond acceptors (Lipinski definition) is 3. The van der Waals surface area contributed by atoms with E-state index in [9.17, 15) is 13.2 Å². The van der Waals surface area contributed by atoms with Crippen LogP contribution in [-0.2, 0) is 12.6 Å². The zero-order chi connectivity index (χ0) is 13.2. The van der Waals surface area contributed by atoms with Crippen LogP contribution in [0.1, 0.15) is 11.3 Å². The molecule has 0 atom stereocenters. The minimum absolute atomic E-state index is 0.119.